The summed E-state index contributed by atoms with van der Waals surface area (Å²) in [5, 5.41) is 6.19. The first-order valence-corrected chi connectivity index (χ1v) is 6.28. The maximum absolute atomic E-state index is 12.5. The Morgan fingerprint density at radius 1 is 1.42 bits per heavy atom. The first kappa shape index (κ1) is 15.5. The minimum atomic E-state index is -4.42. The highest BCUT2D eigenvalue weighted by Crippen LogP contribution is 2.30. The lowest BCUT2D eigenvalue weighted by molar-refractivity contribution is -0.141. The van der Waals surface area contributed by atoms with Gasteiger partial charge in [0, 0.05) is 18.7 Å². The Labute approximate surface area is 110 Å². The molecular formula is C12H18F3N3O. The molecular weight excluding hydrogens is 259 g/mol. The molecule has 0 bridgehead atoms. The summed E-state index contributed by atoms with van der Waals surface area (Å²) in [6, 6.07) is 0.833. The molecule has 1 aliphatic heterocycles. The number of hydrogen-bond donors (Lipinski definition) is 1. The molecule has 19 heavy (non-hydrogen) atoms. The second-order valence-electron chi connectivity index (χ2n) is 4.11. The zero-order valence-electron chi connectivity index (χ0n) is 11.2. The summed E-state index contributed by atoms with van der Waals surface area (Å²) >= 11 is 0. The van der Waals surface area contributed by atoms with Gasteiger partial charge in [0.05, 0.1) is 6.04 Å². The van der Waals surface area contributed by atoms with E-state index in [9.17, 15) is 18.0 Å². The highest BCUT2D eigenvalue weighted by molar-refractivity contribution is 5.76. The molecule has 0 aromatic carbocycles. The largest absolute Gasteiger partial charge is 0.435 e. The number of aromatic nitrogens is 2. The standard InChI is InChI=1S/C10H12F3N3O.C2H6/c1-6-4-8(10(11,12)13)15-16(6)7-2-3-9(17)14-5-7;1-2/h4,7H,2-3,5H2,1H3,(H,14,17);1-2H3. The Morgan fingerprint density at radius 2 is 2.05 bits per heavy atom. The SMILES string of the molecule is CC.Cc1cc(C(F)(F)F)nn1C1CCC(=O)NC1. The van der Waals surface area contributed by atoms with Gasteiger partial charge in [0.25, 0.3) is 0 Å². The number of rotatable bonds is 1. The molecule has 1 N–H and O–H groups in total. The van der Waals surface area contributed by atoms with Crippen LogP contribution in [0.3, 0.4) is 0 Å². The number of nitrogens with one attached hydrogen (secondary N) is 1. The molecule has 0 aliphatic carbocycles. The number of halogens is 3. The smallest absolute Gasteiger partial charge is 0.354 e. The first-order chi connectivity index (χ1) is 8.88. The van der Waals surface area contributed by atoms with E-state index in [-0.39, 0.29) is 11.9 Å². The summed E-state index contributed by atoms with van der Waals surface area (Å²) in [7, 11) is 0. The Kier molecular flexibility index (Phi) is 4.97. The molecule has 4 nitrogen and oxygen atoms in total. The Morgan fingerprint density at radius 3 is 2.47 bits per heavy atom. The van der Waals surface area contributed by atoms with Gasteiger partial charge in [0.1, 0.15) is 0 Å². The molecule has 1 aliphatic rings. The third-order valence-corrected chi connectivity index (χ3v) is 2.80. The van der Waals surface area contributed by atoms with Gasteiger partial charge in [-0.2, -0.15) is 18.3 Å². The monoisotopic (exact) mass is 277 g/mol. The number of nitrogens with zero attached hydrogens (tertiary/aromatic N) is 2. The van der Waals surface area contributed by atoms with Crippen molar-refractivity contribution in [2.45, 2.75) is 45.8 Å². The van der Waals surface area contributed by atoms with Crippen LogP contribution in [-0.4, -0.2) is 22.2 Å². The van der Waals surface area contributed by atoms with Crippen molar-refractivity contribution in [1.82, 2.24) is 15.1 Å². The number of aryl methyl sites for hydroxylation is 1. The van der Waals surface area contributed by atoms with Crippen molar-refractivity contribution < 1.29 is 18.0 Å². The average molecular weight is 277 g/mol. The van der Waals surface area contributed by atoms with Gasteiger partial charge in [-0.25, -0.2) is 0 Å². The molecule has 1 aromatic heterocycles. The molecule has 0 radical (unpaired) electrons. The van der Waals surface area contributed by atoms with Crippen LogP contribution < -0.4 is 5.32 Å². The van der Waals surface area contributed by atoms with Gasteiger partial charge in [-0.15, -0.1) is 0 Å². The summed E-state index contributed by atoms with van der Waals surface area (Å²) in [5.74, 6) is -0.0675. The van der Waals surface area contributed by atoms with Gasteiger partial charge in [-0.3, -0.25) is 9.48 Å². The number of hydrogen-bond acceptors (Lipinski definition) is 2. The van der Waals surface area contributed by atoms with E-state index in [0.29, 0.717) is 25.1 Å². The van der Waals surface area contributed by atoms with E-state index in [1.54, 1.807) is 6.92 Å². The molecule has 108 valence electrons. The van der Waals surface area contributed by atoms with E-state index in [4.69, 9.17) is 0 Å². The number of carbonyl (C=O) groups is 1. The van der Waals surface area contributed by atoms with E-state index in [2.05, 4.69) is 10.4 Å². The summed E-state index contributed by atoms with van der Waals surface area (Å²) in [6.45, 7) is 5.91. The lowest BCUT2D eigenvalue weighted by Crippen LogP contribution is -2.36. The maximum atomic E-state index is 12.5. The Bertz CT molecular complexity index is 430. The van der Waals surface area contributed by atoms with Gasteiger partial charge in [0.15, 0.2) is 5.69 Å². The van der Waals surface area contributed by atoms with E-state index in [0.717, 1.165) is 6.07 Å². The Balaban J connectivity index is 0.000000861. The zero-order chi connectivity index (χ0) is 14.6. The molecule has 1 saturated heterocycles. The van der Waals surface area contributed by atoms with E-state index < -0.39 is 11.9 Å². The predicted octanol–water partition coefficient (Wildman–Crippen LogP) is 2.69. The quantitative estimate of drug-likeness (QED) is 0.858. The minimum absolute atomic E-state index is 0.0675. The topological polar surface area (TPSA) is 46.9 Å². The van der Waals surface area contributed by atoms with Crippen molar-refractivity contribution in [2.24, 2.45) is 0 Å². The summed E-state index contributed by atoms with van der Waals surface area (Å²) in [4.78, 5) is 11.0. The molecule has 2 heterocycles. The van der Waals surface area contributed by atoms with Crippen molar-refractivity contribution in [3.63, 3.8) is 0 Å². The highest BCUT2D eigenvalue weighted by Gasteiger charge is 2.35. The van der Waals surface area contributed by atoms with E-state index in [1.165, 1.54) is 4.68 Å². The molecule has 7 heteroatoms. The fourth-order valence-corrected chi connectivity index (χ4v) is 1.92. The van der Waals surface area contributed by atoms with E-state index >= 15 is 0 Å². The van der Waals surface area contributed by atoms with Gasteiger partial charge >= 0.3 is 6.18 Å². The second kappa shape index (κ2) is 6.08. The molecule has 1 atom stereocenters. The van der Waals surface area contributed by atoms with Crippen LogP contribution in [0.5, 0.6) is 0 Å². The van der Waals surface area contributed by atoms with Gasteiger partial charge in [-0.05, 0) is 19.4 Å². The lowest BCUT2D eigenvalue weighted by Gasteiger charge is -2.23. The normalized spacial score (nSPS) is 19.5. The third-order valence-electron chi connectivity index (χ3n) is 2.80. The number of piperidine rings is 1. The van der Waals surface area contributed by atoms with Crippen LogP contribution in [0, 0.1) is 6.92 Å². The first-order valence-electron chi connectivity index (χ1n) is 6.28. The van der Waals surface area contributed by atoms with Crippen molar-refractivity contribution in [2.75, 3.05) is 6.54 Å². The van der Waals surface area contributed by atoms with Crippen molar-refractivity contribution in [3.05, 3.63) is 17.5 Å². The number of alkyl halides is 3. The minimum Gasteiger partial charge on any atom is -0.354 e. The van der Waals surface area contributed by atoms with E-state index in [1.807, 2.05) is 13.8 Å². The molecule has 0 saturated carbocycles. The van der Waals surface area contributed by atoms with Crippen LogP contribution in [0.4, 0.5) is 13.2 Å². The van der Waals surface area contributed by atoms with Gasteiger partial charge < -0.3 is 5.32 Å². The zero-order valence-corrected chi connectivity index (χ0v) is 11.2. The van der Waals surface area contributed by atoms with Crippen molar-refractivity contribution in [1.29, 1.82) is 0 Å². The molecule has 1 amide bonds. The number of carbonyl (C=O) groups excluding carboxylic acids is 1. The Hall–Kier alpha value is -1.53. The number of amides is 1. The molecule has 1 fully saturated rings. The third kappa shape index (κ3) is 3.71. The van der Waals surface area contributed by atoms with Crippen LogP contribution in [-0.2, 0) is 11.0 Å². The predicted molar refractivity (Wildman–Crippen MR) is 64.6 cm³/mol. The summed E-state index contributed by atoms with van der Waals surface area (Å²) < 4.78 is 38.7. The van der Waals surface area contributed by atoms with Crippen LogP contribution in [0.1, 0.15) is 44.1 Å². The molecule has 1 aromatic rings. The van der Waals surface area contributed by atoms with Crippen LogP contribution in [0.2, 0.25) is 0 Å². The van der Waals surface area contributed by atoms with Crippen LogP contribution in [0.25, 0.3) is 0 Å². The highest BCUT2D eigenvalue weighted by atomic mass is 19.4. The molecule has 0 spiro atoms. The van der Waals surface area contributed by atoms with Crippen molar-refractivity contribution >= 4 is 5.91 Å². The van der Waals surface area contributed by atoms with Gasteiger partial charge in [0.2, 0.25) is 5.91 Å². The average Bonchev–Trinajstić information content (AvgIpc) is 2.75. The summed E-state index contributed by atoms with van der Waals surface area (Å²) in [6.07, 6.45) is -3.58. The fourth-order valence-electron chi connectivity index (χ4n) is 1.92. The fraction of sp³-hybridized carbons (Fsp3) is 0.667. The maximum Gasteiger partial charge on any atom is 0.435 e. The second-order valence-corrected chi connectivity index (χ2v) is 4.11. The summed E-state index contributed by atoms with van der Waals surface area (Å²) in [5.41, 5.74) is -0.426. The van der Waals surface area contributed by atoms with Crippen LogP contribution in [0.15, 0.2) is 6.07 Å². The van der Waals surface area contributed by atoms with Crippen molar-refractivity contribution in [3.8, 4) is 0 Å². The van der Waals surface area contributed by atoms with Gasteiger partial charge in [-0.1, -0.05) is 13.8 Å². The van der Waals surface area contributed by atoms with Crippen LogP contribution >= 0.6 is 0 Å². The lowest BCUT2D eigenvalue weighted by atomic mass is 10.1. The molecule has 1 unspecified atom stereocenters. The molecule has 2 rings (SSSR count).